The standard InChI is InChI=1S/C25H33N5O2/c1-17(30-10-12-32-13-11-30)19-4-5-22(29-24(31)23-27-16-20(15-26)28-23)21(14-19)18-6-8-25(2,3)9-7-18/h4-6,14,17,20H,7-13,16H2,1-3H3,(H,27,28)(H,29,31). The summed E-state index contributed by atoms with van der Waals surface area (Å²) in [6, 6.07) is 8.30. The fraction of sp³-hybridized carbons (Fsp3) is 0.560. The molecule has 0 saturated carbocycles. The summed E-state index contributed by atoms with van der Waals surface area (Å²) in [4.78, 5) is 19.5. The molecule has 1 aromatic rings. The normalized spacial score (nSPS) is 24.0. The van der Waals surface area contributed by atoms with Crippen LogP contribution in [0.15, 0.2) is 29.3 Å². The van der Waals surface area contributed by atoms with Gasteiger partial charge in [-0.1, -0.05) is 26.0 Å². The van der Waals surface area contributed by atoms with Crippen molar-refractivity contribution in [2.24, 2.45) is 10.4 Å². The molecule has 2 unspecified atom stereocenters. The first-order chi connectivity index (χ1) is 15.4. The predicted molar refractivity (Wildman–Crippen MR) is 126 cm³/mol. The summed E-state index contributed by atoms with van der Waals surface area (Å²) >= 11 is 0. The van der Waals surface area contributed by atoms with Crippen LogP contribution >= 0.6 is 0 Å². The van der Waals surface area contributed by atoms with Gasteiger partial charge in [0.25, 0.3) is 5.91 Å². The molecule has 4 rings (SSSR count). The van der Waals surface area contributed by atoms with E-state index in [2.05, 4.69) is 65.6 Å². The Kier molecular flexibility index (Phi) is 6.63. The van der Waals surface area contributed by atoms with Gasteiger partial charge < -0.3 is 15.4 Å². The van der Waals surface area contributed by atoms with Gasteiger partial charge in [0.15, 0.2) is 5.84 Å². The molecule has 1 aromatic carbocycles. The summed E-state index contributed by atoms with van der Waals surface area (Å²) < 4.78 is 5.52. The molecule has 0 bridgehead atoms. The molecular weight excluding hydrogens is 402 g/mol. The van der Waals surface area contributed by atoms with Crippen molar-refractivity contribution in [3.63, 3.8) is 0 Å². The highest BCUT2D eigenvalue weighted by Crippen LogP contribution is 2.40. The number of anilines is 1. The number of allylic oxidation sites excluding steroid dienone is 2. The van der Waals surface area contributed by atoms with Crippen LogP contribution in [0.3, 0.4) is 0 Å². The number of rotatable bonds is 5. The molecule has 2 aliphatic heterocycles. The summed E-state index contributed by atoms with van der Waals surface area (Å²) in [7, 11) is 0. The lowest BCUT2D eigenvalue weighted by atomic mass is 9.76. The largest absolute Gasteiger partial charge is 0.379 e. The van der Waals surface area contributed by atoms with Crippen LogP contribution in [0.2, 0.25) is 0 Å². The van der Waals surface area contributed by atoms with Gasteiger partial charge in [-0.05, 0) is 54.9 Å². The number of carbonyl (C=O) groups excluding carboxylic acids is 1. The van der Waals surface area contributed by atoms with Crippen molar-refractivity contribution >= 4 is 23.0 Å². The number of morpholine rings is 1. The van der Waals surface area contributed by atoms with E-state index < -0.39 is 6.04 Å². The number of ether oxygens (including phenoxy) is 1. The van der Waals surface area contributed by atoms with Gasteiger partial charge >= 0.3 is 0 Å². The monoisotopic (exact) mass is 435 g/mol. The molecule has 3 aliphatic rings. The van der Waals surface area contributed by atoms with E-state index in [4.69, 9.17) is 10.00 Å². The zero-order valence-electron chi connectivity index (χ0n) is 19.3. The zero-order chi connectivity index (χ0) is 22.7. The zero-order valence-corrected chi connectivity index (χ0v) is 19.3. The van der Waals surface area contributed by atoms with Gasteiger partial charge in [0.05, 0.1) is 25.8 Å². The van der Waals surface area contributed by atoms with Crippen LogP contribution in [0, 0.1) is 16.7 Å². The van der Waals surface area contributed by atoms with Gasteiger partial charge in [-0.3, -0.25) is 14.7 Å². The number of nitriles is 1. The van der Waals surface area contributed by atoms with Crippen molar-refractivity contribution in [2.45, 2.75) is 52.1 Å². The summed E-state index contributed by atoms with van der Waals surface area (Å²) in [6.07, 6.45) is 5.46. The van der Waals surface area contributed by atoms with E-state index in [-0.39, 0.29) is 17.8 Å². The Balaban J connectivity index is 1.61. The van der Waals surface area contributed by atoms with Crippen LogP contribution in [-0.4, -0.2) is 55.5 Å². The Morgan fingerprint density at radius 1 is 1.38 bits per heavy atom. The lowest BCUT2D eigenvalue weighted by Crippen LogP contribution is -2.38. The average Bonchev–Trinajstić information content (AvgIpc) is 3.29. The van der Waals surface area contributed by atoms with Gasteiger partial charge in [0, 0.05) is 30.4 Å². The highest BCUT2D eigenvalue weighted by molar-refractivity contribution is 6.42. The van der Waals surface area contributed by atoms with Gasteiger partial charge in [0.2, 0.25) is 0 Å². The SMILES string of the molecule is CC(c1ccc(NC(=O)C2=NCC(C#N)N2)c(C2=CCC(C)(C)CC2)c1)N1CCOCC1. The number of amidine groups is 1. The first kappa shape index (κ1) is 22.5. The molecule has 1 amide bonds. The third-order valence-electron chi connectivity index (χ3n) is 6.80. The van der Waals surface area contributed by atoms with Crippen LogP contribution in [-0.2, 0) is 9.53 Å². The maximum atomic E-state index is 12.8. The van der Waals surface area contributed by atoms with Gasteiger partial charge in [-0.15, -0.1) is 0 Å². The van der Waals surface area contributed by atoms with E-state index in [0.717, 1.165) is 56.8 Å². The third kappa shape index (κ3) is 5.03. The van der Waals surface area contributed by atoms with E-state index >= 15 is 0 Å². The Morgan fingerprint density at radius 2 is 2.16 bits per heavy atom. The van der Waals surface area contributed by atoms with E-state index in [1.165, 1.54) is 11.1 Å². The molecule has 32 heavy (non-hydrogen) atoms. The van der Waals surface area contributed by atoms with E-state index in [0.29, 0.717) is 12.0 Å². The van der Waals surface area contributed by atoms with Gasteiger partial charge in [-0.2, -0.15) is 5.26 Å². The van der Waals surface area contributed by atoms with E-state index in [1.54, 1.807) is 0 Å². The molecule has 0 radical (unpaired) electrons. The summed E-state index contributed by atoms with van der Waals surface area (Å²) in [6.45, 7) is 10.5. The molecule has 170 valence electrons. The molecule has 7 nitrogen and oxygen atoms in total. The maximum Gasteiger partial charge on any atom is 0.290 e. The minimum absolute atomic E-state index is 0.229. The third-order valence-corrected chi connectivity index (χ3v) is 6.80. The first-order valence-corrected chi connectivity index (χ1v) is 11.5. The summed E-state index contributed by atoms with van der Waals surface area (Å²) in [5.74, 6) is -0.0678. The Hall–Kier alpha value is -2.69. The Morgan fingerprint density at radius 3 is 2.81 bits per heavy atom. The van der Waals surface area contributed by atoms with Crippen LogP contribution < -0.4 is 10.6 Å². The molecule has 1 aliphatic carbocycles. The topological polar surface area (TPSA) is 89.8 Å². The molecule has 1 saturated heterocycles. The molecular formula is C25H33N5O2. The number of nitrogens with one attached hydrogen (secondary N) is 2. The molecule has 2 N–H and O–H groups in total. The predicted octanol–water partition coefficient (Wildman–Crippen LogP) is 3.51. The van der Waals surface area contributed by atoms with E-state index in [1.807, 2.05) is 6.07 Å². The molecule has 2 heterocycles. The number of aliphatic imine (C=N–C) groups is 1. The molecule has 0 aromatic heterocycles. The van der Waals surface area contributed by atoms with Crippen molar-refractivity contribution < 1.29 is 9.53 Å². The smallest absolute Gasteiger partial charge is 0.290 e. The minimum atomic E-state index is -0.435. The highest BCUT2D eigenvalue weighted by atomic mass is 16.5. The quantitative estimate of drug-likeness (QED) is 0.739. The fourth-order valence-corrected chi connectivity index (χ4v) is 4.52. The average molecular weight is 436 g/mol. The van der Waals surface area contributed by atoms with Gasteiger partial charge in [0.1, 0.15) is 6.04 Å². The van der Waals surface area contributed by atoms with Crippen molar-refractivity contribution in [3.8, 4) is 6.07 Å². The number of benzene rings is 1. The summed E-state index contributed by atoms with van der Waals surface area (Å²) in [5, 5.41) is 15.0. The second kappa shape index (κ2) is 9.43. The van der Waals surface area contributed by atoms with Crippen LogP contribution in [0.5, 0.6) is 0 Å². The Bertz CT molecular complexity index is 969. The second-order valence-corrected chi connectivity index (χ2v) is 9.70. The van der Waals surface area contributed by atoms with E-state index in [9.17, 15) is 4.79 Å². The second-order valence-electron chi connectivity index (χ2n) is 9.70. The van der Waals surface area contributed by atoms with Crippen LogP contribution in [0.4, 0.5) is 5.69 Å². The number of hydrogen-bond acceptors (Lipinski definition) is 6. The molecule has 0 spiro atoms. The van der Waals surface area contributed by atoms with Crippen LogP contribution in [0.25, 0.3) is 5.57 Å². The lowest BCUT2D eigenvalue weighted by Gasteiger charge is -2.33. The number of carbonyl (C=O) groups is 1. The molecule has 1 fully saturated rings. The van der Waals surface area contributed by atoms with Crippen molar-refractivity contribution in [2.75, 3.05) is 38.2 Å². The molecule has 7 heteroatoms. The van der Waals surface area contributed by atoms with Crippen molar-refractivity contribution in [3.05, 3.63) is 35.4 Å². The minimum Gasteiger partial charge on any atom is -0.379 e. The number of amides is 1. The molecule has 2 atom stereocenters. The van der Waals surface area contributed by atoms with Crippen LogP contribution in [0.1, 0.15) is 57.2 Å². The maximum absolute atomic E-state index is 12.8. The first-order valence-electron chi connectivity index (χ1n) is 11.5. The number of hydrogen-bond donors (Lipinski definition) is 2. The highest BCUT2D eigenvalue weighted by Gasteiger charge is 2.27. The van der Waals surface area contributed by atoms with Gasteiger partial charge in [-0.25, -0.2) is 0 Å². The van der Waals surface area contributed by atoms with Crippen molar-refractivity contribution in [1.29, 1.82) is 5.26 Å². The van der Waals surface area contributed by atoms with Crippen molar-refractivity contribution in [1.82, 2.24) is 10.2 Å². The Labute approximate surface area is 190 Å². The fourth-order valence-electron chi connectivity index (χ4n) is 4.52. The summed E-state index contributed by atoms with van der Waals surface area (Å²) in [5.41, 5.74) is 4.71. The number of nitrogens with zero attached hydrogens (tertiary/aromatic N) is 3. The lowest BCUT2D eigenvalue weighted by molar-refractivity contribution is -0.110.